The van der Waals surface area contributed by atoms with Crippen molar-refractivity contribution in [3.8, 4) is 11.4 Å². The lowest BCUT2D eigenvalue weighted by Crippen LogP contribution is -2.49. The highest BCUT2D eigenvalue weighted by atomic mass is 32.2. The topological polar surface area (TPSA) is 63.5 Å². The Kier molecular flexibility index (Phi) is 6.69. The third kappa shape index (κ3) is 4.75. The van der Waals surface area contributed by atoms with Crippen molar-refractivity contribution >= 4 is 23.4 Å². The summed E-state index contributed by atoms with van der Waals surface area (Å²) in [7, 11) is 1.68. The molecule has 168 valence electrons. The fraction of sp³-hybridized carbons (Fsp3) is 0.375. The molecule has 32 heavy (non-hydrogen) atoms. The summed E-state index contributed by atoms with van der Waals surface area (Å²) >= 11 is 1.45. The van der Waals surface area contributed by atoms with Crippen LogP contribution in [0.1, 0.15) is 17.0 Å². The van der Waals surface area contributed by atoms with E-state index in [2.05, 4.69) is 53.2 Å². The van der Waals surface area contributed by atoms with Crippen molar-refractivity contribution in [2.45, 2.75) is 25.9 Å². The predicted octanol–water partition coefficient (Wildman–Crippen LogP) is 3.64. The highest BCUT2D eigenvalue weighted by Gasteiger charge is 2.23. The number of nitrogens with zero attached hydrogens (tertiary/aromatic N) is 5. The van der Waals surface area contributed by atoms with Gasteiger partial charge in [-0.3, -0.25) is 9.36 Å². The van der Waals surface area contributed by atoms with Gasteiger partial charge >= 0.3 is 0 Å². The number of carbonyl (C=O) groups excluding carboxylic acids is 1. The number of methoxy groups -OCH3 is 1. The summed E-state index contributed by atoms with van der Waals surface area (Å²) in [5.41, 5.74) is 4.53. The summed E-state index contributed by atoms with van der Waals surface area (Å²) in [5, 5.41) is 9.34. The normalized spacial score (nSPS) is 14.0. The van der Waals surface area contributed by atoms with Crippen LogP contribution in [0.4, 0.5) is 5.69 Å². The van der Waals surface area contributed by atoms with E-state index in [1.807, 2.05) is 34.6 Å². The number of rotatable bonds is 6. The van der Waals surface area contributed by atoms with Crippen molar-refractivity contribution in [1.82, 2.24) is 19.7 Å². The van der Waals surface area contributed by atoms with Gasteiger partial charge in [-0.1, -0.05) is 30.0 Å². The minimum Gasteiger partial charge on any atom is -0.497 e. The van der Waals surface area contributed by atoms with Gasteiger partial charge in [0.2, 0.25) is 5.91 Å². The van der Waals surface area contributed by atoms with Gasteiger partial charge in [-0.2, -0.15) is 0 Å². The molecule has 7 nitrogen and oxygen atoms in total. The van der Waals surface area contributed by atoms with Gasteiger partial charge in [0.15, 0.2) is 5.16 Å². The van der Waals surface area contributed by atoms with Gasteiger partial charge in [0, 0.05) is 37.9 Å². The molecule has 3 aromatic rings. The van der Waals surface area contributed by atoms with Crippen molar-refractivity contribution in [1.29, 1.82) is 0 Å². The molecule has 0 saturated carbocycles. The first-order valence-electron chi connectivity index (χ1n) is 10.8. The van der Waals surface area contributed by atoms with E-state index in [4.69, 9.17) is 4.74 Å². The number of ether oxygens (including phenoxy) is 1. The third-order valence-electron chi connectivity index (χ3n) is 5.78. The van der Waals surface area contributed by atoms with Crippen LogP contribution in [0.3, 0.4) is 0 Å². The fourth-order valence-electron chi connectivity index (χ4n) is 3.91. The van der Waals surface area contributed by atoms with Crippen molar-refractivity contribution in [2.24, 2.45) is 0 Å². The van der Waals surface area contributed by atoms with Gasteiger partial charge < -0.3 is 14.5 Å². The van der Waals surface area contributed by atoms with Crippen molar-refractivity contribution in [3.05, 3.63) is 59.4 Å². The first kappa shape index (κ1) is 22.2. The zero-order valence-electron chi connectivity index (χ0n) is 19.0. The van der Waals surface area contributed by atoms with Gasteiger partial charge in [0.1, 0.15) is 11.6 Å². The van der Waals surface area contributed by atoms with Crippen LogP contribution < -0.4 is 9.64 Å². The molecule has 0 aliphatic carbocycles. The van der Waals surface area contributed by atoms with Crippen LogP contribution in [0.5, 0.6) is 5.75 Å². The third-order valence-corrected chi connectivity index (χ3v) is 6.69. The first-order chi connectivity index (χ1) is 15.5. The maximum Gasteiger partial charge on any atom is 0.233 e. The van der Waals surface area contributed by atoms with Crippen molar-refractivity contribution in [3.63, 3.8) is 0 Å². The highest BCUT2D eigenvalue weighted by Crippen LogP contribution is 2.26. The Bertz CT molecular complexity index is 1110. The van der Waals surface area contributed by atoms with E-state index in [1.165, 1.54) is 17.3 Å². The summed E-state index contributed by atoms with van der Waals surface area (Å²) < 4.78 is 7.37. The molecule has 1 fully saturated rings. The predicted molar refractivity (Wildman–Crippen MR) is 128 cm³/mol. The summed E-state index contributed by atoms with van der Waals surface area (Å²) in [5.74, 6) is 2.15. The molecular formula is C24H29N5O2S. The van der Waals surface area contributed by atoms with Gasteiger partial charge in [-0.05, 0) is 50.1 Å². The first-order valence-corrected chi connectivity index (χ1v) is 11.7. The summed E-state index contributed by atoms with van der Waals surface area (Å²) in [6, 6.07) is 14.4. The molecular weight excluding hydrogens is 422 g/mol. The minimum atomic E-state index is 0.133. The average molecular weight is 452 g/mol. The number of carbonyl (C=O) groups is 1. The van der Waals surface area contributed by atoms with Crippen LogP contribution in [0.15, 0.2) is 47.6 Å². The van der Waals surface area contributed by atoms with Crippen molar-refractivity contribution < 1.29 is 9.53 Å². The molecule has 0 spiro atoms. The summed E-state index contributed by atoms with van der Waals surface area (Å²) in [6.07, 6.45) is 0. The molecule has 8 heteroatoms. The van der Waals surface area contributed by atoms with Gasteiger partial charge in [0.05, 0.1) is 18.6 Å². The largest absolute Gasteiger partial charge is 0.497 e. The number of hydrogen-bond acceptors (Lipinski definition) is 6. The van der Waals surface area contributed by atoms with Gasteiger partial charge in [0.25, 0.3) is 0 Å². The fourth-order valence-corrected chi connectivity index (χ4v) is 4.81. The Balaban J connectivity index is 1.38. The molecule has 1 aliphatic rings. The van der Waals surface area contributed by atoms with E-state index in [-0.39, 0.29) is 5.91 Å². The number of piperazine rings is 1. The van der Waals surface area contributed by atoms with E-state index in [0.717, 1.165) is 46.8 Å². The van der Waals surface area contributed by atoms with Gasteiger partial charge in [-0.15, -0.1) is 10.2 Å². The molecule has 1 aliphatic heterocycles. The zero-order valence-corrected chi connectivity index (χ0v) is 19.9. The van der Waals surface area contributed by atoms with E-state index in [9.17, 15) is 4.79 Å². The monoisotopic (exact) mass is 451 g/mol. The molecule has 1 saturated heterocycles. The maximum atomic E-state index is 12.9. The quantitative estimate of drug-likeness (QED) is 0.533. The molecule has 1 amide bonds. The maximum absolute atomic E-state index is 12.9. The second-order valence-corrected chi connectivity index (χ2v) is 8.96. The van der Waals surface area contributed by atoms with E-state index < -0.39 is 0 Å². The number of anilines is 1. The minimum absolute atomic E-state index is 0.133. The average Bonchev–Trinajstić information content (AvgIpc) is 3.19. The molecule has 1 aromatic heterocycles. The van der Waals surface area contributed by atoms with Crippen LogP contribution in [-0.4, -0.2) is 64.6 Å². The number of thioether (sulfide) groups is 1. The van der Waals surface area contributed by atoms with Gasteiger partial charge in [-0.25, -0.2) is 0 Å². The number of aromatic nitrogens is 3. The SMILES string of the molecule is COc1cccc(N2CCN(C(=O)CSc3nnc(C)n3-c3cc(C)ccc3C)CC2)c1. The Morgan fingerprint density at radius 1 is 1.03 bits per heavy atom. The molecule has 4 rings (SSSR count). The summed E-state index contributed by atoms with van der Waals surface area (Å²) in [6.45, 7) is 9.12. The highest BCUT2D eigenvalue weighted by molar-refractivity contribution is 7.99. The van der Waals surface area contributed by atoms with Crippen LogP contribution in [0.25, 0.3) is 5.69 Å². The number of benzene rings is 2. The second kappa shape index (κ2) is 9.65. The molecule has 0 N–H and O–H groups in total. The molecule has 2 heterocycles. The molecule has 0 radical (unpaired) electrons. The number of aryl methyl sites for hydroxylation is 3. The molecule has 0 atom stereocenters. The number of amides is 1. The lowest BCUT2D eigenvalue weighted by Gasteiger charge is -2.36. The Morgan fingerprint density at radius 3 is 2.56 bits per heavy atom. The number of hydrogen-bond donors (Lipinski definition) is 0. The van der Waals surface area contributed by atoms with Crippen LogP contribution in [0, 0.1) is 20.8 Å². The Morgan fingerprint density at radius 2 is 1.81 bits per heavy atom. The van der Waals surface area contributed by atoms with E-state index in [1.54, 1.807) is 7.11 Å². The Labute approximate surface area is 193 Å². The van der Waals surface area contributed by atoms with E-state index >= 15 is 0 Å². The smallest absolute Gasteiger partial charge is 0.233 e. The lowest BCUT2D eigenvalue weighted by atomic mass is 10.1. The van der Waals surface area contributed by atoms with Crippen LogP contribution >= 0.6 is 11.8 Å². The standard InChI is InChI=1S/C24H29N5O2S/c1-17-8-9-18(2)22(14-17)29-19(3)25-26-24(29)32-16-23(30)28-12-10-27(11-13-28)20-6-5-7-21(15-20)31-4/h5-9,14-15H,10-13,16H2,1-4H3. The van der Waals surface area contributed by atoms with Crippen LogP contribution in [0.2, 0.25) is 0 Å². The zero-order chi connectivity index (χ0) is 22.7. The van der Waals surface area contributed by atoms with Crippen molar-refractivity contribution in [2.75, 3.05) is 43.9 Å². The molecule has 2 aromatic carbocycles. The lowest BCUT2D eigenvalue weighted by molar-refractivity contribution is -0.128. The Hall–Kier alpha value is -3.00. The summed E-state index contributed by atoms with van der Waals surface area (Å²) in [4.78, 5) is 17.1. The van der Waals surface area contributed by atoms with Crippen LogP contribution in [-0.2, 0) is 4.79 Å². The molecule has 0 bridgehead atoms. The molecule has 0 unspecified atom stereocenters. The second-order valence-electron chi connectivity index (χ2n) is 8.01. The van der Waals surface area contributed by atoms with E-state index in [0.29, 0.717) is 18.8 Å².